The minimum Gasteiger partial charge on any atom is -0.486 e. The van der Waals surface area contributed by atoms with Crippen molar-refractivity contribution < 1.29 is 37.3 Å². The van der Waals surface area contributed by atoms with Crippen LogP contribution in [0.4, 0.5) is 10.5 Å². The fourth-order valence-electron chi connectivity index (χ4n) is 4.23. The summed E-state index contributed by atoms with van der Waals surface area (Å²) in [4.78, 5) is 29.1. The van der Waals surface area contributed by atoms with Gasteiger partial charge >= 0.3 is 6.09 Å². The van der Waals surface area contributed by atoms with E-state index in [-0.39, 0.29) is 30.4 Å². The number of likely N-dealkylation sites (tertiary alicyclic amines) is 1. The SMILES string of the molecule is CN(C(=O)OC(C)(C)C)c1cc2c(c(C(=O)NCC3CCN(CCCS(N)(=O)=O)C[C@H]3O)c1)OCCO2. The largest absolute Gasteiger partial charge is 0.486 e. The molecule has 1 fully saturated rings. The van der Waals surface area contributed by atoms with Crippen LogP contribution in [-0.4, -0.2) is 94.3 Å². The number of nitrogens with one attached hydrogen (secondary N) is 1. The number of anilines is 1. The minimum atomic E-state index is -3.51. The highest BCUT2D eigenvalue weighted by molar-refractivity contribution is 7.89. The molecule has 0 radical (unpaired) electrons. The van der Waals surface area contributed by atoms with Gasteiger partial charge in [0.1, 0.15) is 18.8 Å². The van der Waals surface area contributed by atoms with Gasteiger partial charge in [-0.3, -0.25) is 9.69 Å². The van der Waals surface area contributed by atoms with Crippen LogP contribution in [0.15, 0.2) is 12.1 Å². The Morgan fingerprint density at radius 1 is 1.27 bits per heavy atom. The lowest BCUT2D eigenvalue weighted by Gasteiger charge is -2.36. The number of hydrogen-bond acceptors (Lipinski definition) is 9. The first-order valence-corrected chi connectivity index (χ1v) is 14.0. The third-order valence-corrected chi connectivity index (χ3v) is 7.02. The van der Waals surface area contributed by atoms with E-state index >= 15 is 0 Å². The van der Waals surface area contributed by atoms with Crippen molar-refractivity contribution in [3.8, 4) is 11.5 Å². The van der Waals surface area contributed by atoms with Crippen molar-refractivity contribution in [3.63, 3.8) is 0 Å². The van der Waals surface area contributed by atoms with Crippen molar-refractivity contribution >= 4 is 27.7 Å². The first-order chi connectivity index (χ1) is 17.2. The van der Waals surface area contributed by atoms with E-state index in [1.54, 1.807) is 40.0 Å². The van der Waals surface area contributed by atoms with Gasteiger partial charge in [0.25, 0.3) is 5.91 Å². The van der Waals surface area contributed by atoms with E-state index in [4.69, 9.17) is 19.3 Å². The third-order valence-electron chi connectivity index (χ3n) is 6.16. The van der Waals surface area contributed by atoms with Gasteiger partial charge in [0.2, 0.25) is 10.0 Å². The Balaban J connectivity index is 1.64. The van der Waals surface area contributed by atoms with Crippen molar-refractivity contribution in [1.82, 2.24) is 10.2 Å². The number of carbonyl (C=O) groups excluding carboxylic acids is 2. The summed E-state index contributed by atoms with van der Waals surface area (Å²) in [6.07, 6.45) is -0.222. The molecule has 3 rings (SSSR count). The second kappa shape index (κ2) is 11.8. The van der Waals surface area contributed by atoms with Crippen LogP contribution < -0.4 is 24.8 Å². The van der Waals surface area contributed by atoms with E-state index < -0.39 is 33.7 Å². The van der Waals surface area contributed by atoms with Crippen LogP contribution >= 0.6 is 0 Å². The van der Waals surface area contributed by atoms with Crippen LogP contribution in [0.1, 0.15) is 44.0 Å². The van der Waals surface area contributed by atoms with E-state index in [1.807, 2.05) is 4.90 Å². The monoisotopic (exact) mass is 542 g/mol. The summed E-state index contributed by atoms with van der Waals surface area (Å²) in [6.45, 7) is 7.73. The highest BCUT2D eigenvalue weighted by atomic mass is 32.2. The number of β-amino-alcohol motifs (C(OH)–C–C–N with tert-alkyl or cyclic N) is 1. The lowest BCUT2D eigenvalue weighted by molar-refractivity contribution is 0.0223. The molecule has 0 aromatic heterocycles. The summed E-state index contributed by atoms with van der Waals surface area (Å²) in [7, 11) is -1.96. The van der Waals surface area contributed by atoms with Gasteiger partial charge in [-0.05, 0) is 52.8 Å². The van der Waals surface area contributed by atoms with Gasteiger partial charge < -0.3 is 29.5 Å². The Hall–Kier alpha value is -2.61. The van der Waals surface area contributed by atoms with Crippen molar-refractivity contribution in [2.45, 2.75) is 45.3 Å². The maximum atomic E-state index is 13.2. The van der Waals surface area contributed by atoms with Crippen molar-refractivity contribution in [2.75, 3.05) is 57.1 Å². The molecule has 0 bridgehead atoms. The summed E-state index contributed by atoms with van der Waals surface area (Å²) in [5.74, 6) is -0.0207. The van der Waals surface area contributed by atoms with Gasteiger partial charge in [-0.2, -0.15) is 0 Å². The molecule has 2 amide bonds. The number of carbonyl (C=O) groups is 2. The Morgan fingerprint density at radius 3 is 2.62 bits per heavy atom. The fraction of sp³-hybridized carbons (Fsp3) is 0.667. The smallest absolute Gasteiger partial charge is 0.414 e. The molecule has 37 heavy (non-hydrogen) atoms. The van der Waals surface area contributed by atoms with E-state index in [0.29, 0.717) is 56.3 Å². The molecule has 0 spiro atoms. The number of ether oxygens (including phenoxy) is 3. The van der Waals surface area contributed by atoms with Gasteiger partial charge in [-0.15, -0.1) is 0 Å². The summed E-state index contributed by atoms with van der Waals surface area (Å²) in [6, 6.07) is 3.18. The van der Waals surface area contributed by atoms with Gasteiger partial charge in [0, 0.05) is 32.1 Å². The quantitative estimate of drug-likeness (QED) is 0.434. The molecular weight excluding hydrogens is 504 g/mol. The zero-order valence-electron chi connectivity index (χ0n) is 21.9. The molecule has 208 valence electrons. The minimum absolute atomic E-state index is 0.0998. The highest BCUT2D eigenvalue weighted by Gasteiger charge is 2.30. The Morgan fingerprint density at radius 2 is 1.97 bits per heavy atom. The van der Waals surface area contributed by atoms with Gasteiger partial charge in [0.05, 0.1) is 23.1 Å². The van der Waals surface area contributed by atoms with Gasteiger partial charge in [-0.25, -0.2) is 18.4 Å². The number of fused-ring (bicyclic) bond motifs is 1. The van der Waals surface area contributed by atoms with Crippen LogP contribution in [-0.2, 0) is 14.8 Å². The molecule has 0 saturated carbocycles. The number of aliphatic hydroxyl groups is 1. The number of rotatable bonds is 8. The molecule has 2 aliphatic heterocycles. The molecule has 13 heteroatoms. The van der Waals surface area contributed by atoms with Crippen molar-refractivity contribution in [3.05, 3.63) is 17.7 Å². The van der Waals surface area contributed by atoms with E-state index in [1.165, 1.54) is 4.90 Å². The van der Waals surface area contributed by atoms with Crippen LogP contribution in [0.25, 0.3) is 0 Å². The summed E-state index contributed by atoms with van der Waals surface area (Å²) >= 11 is 0. The molecule has 12 nitrogen and oxygen atoms in total. The Kier molecular flexibility index (Phi) is 9.27. The summed E-state index contributed by atoms with van der Waals surface area (Å²) in [5.41, 5.74) is -0.0493. The number of sulfonamides is 1. The molecule has 2 atom stereocenters. The predicted molar refractivity (Wildman–Crippen MR) is 138 cm³/mol. The van der Waals surface area contributed by atoms with E-state index in [0.717, 1.165) is 0 Å². The van der Waals surface area contributed by atoms with E-state index in [2.05, 4.69) is 5.32 Å². The van der Waals surface area contributed by atoms with Crippen molar-refractivity contribution in [2.24, 2.45) is 11.1 Å². The van der Waals surface area contributed by atoms with E-state index in [9.17, 15) is 23.1 Å². The number of nitrogens with zero attached hydrogens (tertiary/aromatic N) is 2. The normalized spacial score (nSPS) is 20.3. The number of benzene rings is 1. The number of primary sulfonamides is 1. The lowest BCUT2D eigenvalue weighted by atomic mass is 9.93. The second-order valence-corrected chi connectivity index (χ2v) is 12.1. The molecule has 2 heterocycles. The van der Waals surface area contributed by atoms with Crippen LogP contribution in [0.5, 0.6) is 11.5 Å². The standard InChI is InChI=1S/C24H38N4O8S/c1-24(2,3)36-23(31)27(4)17-12-18(21-20(13-17)34-9-10-35-21)22(30)26-14-16-6-8-28(15-19(16)29)7-5-11-37(25,32)33/h12-13,16,19,29H,5-11,14-15H2,1-4H3,(H,26,30)(H2,25,32,33)/t16?,19-/m1/s1. The number of aliphatic hydroxyl groups excluding tert-OH is 1. The molecular formula is C24H38N4O8S. The van der Waals surface area contributed by atoms with Crippen LogP contribution in [0, 0.1) is 5.92 Å². The summed E-state index contributed by atoms with van der Waals surface area (Å²) < 4.78 is 39.1. The van der Waals surface area contributed by atoms with Crippen LogP contribution in [0.3, 0.4) is 0 Å². The molecule has 1 aromatic rings. The molecule has 1 aromatic carbocycles. The average Bonchev–Trinajstić information content (AvgIpc) is 2.80. The summed E-state index contributed by atoms with van der Waals surface area (Å²) in [5, 5.41) is 18.5. The third kappa shape index (κ3) is 8.45. The number of piperidine rings is 1. The molecule has 1 saturated heterocycles. The van der Waals surface area contributed by atoms with Crippen molar-refractivity contribution in [1.29, 1.82) is 0 Å². The molecule has 0 aliphatic carbocycles. The molecule has 1 unspecified atom stereocenters. The highest BCUT2D eigenvalue weighted by Crippen LogP contribution is 2.38. The topological polar surface area (TPSA) is 161 Å². The molecule has 4 N–H and O–H groups in total. The zero-order chi connectivity index (χ0) is 27.4. The number of amides is 2. The van der Waals surface area contributed by atoms with Gasteiger partial charge in [0.15, 0.2) is 11.5 Å². The lowest BCUT2D eigenvalue weighted by Crippen LogP contribution is -2.48. The number of nitrogens with two attached hydrogens (primary N) is 1. The van der Waals surface area contributed by atoms with Gasteiger partial charge in [-0.1, -0.05) is 0 Å². The molecule has 2 aliphatic rings. The first kappa shape index (κ1) is 29.0. The number of hydrogen-bond donors (Lipinski definition) is 3. The second-order valence-electron chi connectivity index (χ2n) is 10.4. The maximum Gasteiger partial charge on any atom is 0.414 e. The zero-order valence-corrected chi connectivity index (χ0v) is 22.7. The first-order valence-electron chi connectivity index (χ1n) is 12.3. The Bertz CT molecular complexity index is 1090. The van der Waals surface area contributed by atoms with Crippen LogP contribution in [0.2, 0.25) is 0 Å². The Labute approximate surface area is 218 Å². The fourth-order valence-corrected chi connectivity index (χ4v) is 4.76. The predicted octanol–water partition coefficient (Wildman–Crippen LogP) is 0.920. The maximum absolute atomic E-state index is 13.2. The average molecular weight is 543 g/mol.